The number of phenolic OH excluding ortho intramolecular Hbond substituents is 1. The fraction of sp³-hybridized carbons (Fsp3) is 0.250. The van der Waals surface area contributed by atoms with E-state index in [0.717, 1.165) is 40.7 Å². The maximum absolute atomic E-state index is 13.7. The Labute approximate surface area is 139 Å². The van der Waals surface area contributed by atoms with Gasteiger partial charge in [-0.3, -0.25) is 0 Å². The average molecular weight is 320 g/mol. The van der Waals surface area contributed by atoms with Crippen LogP contribution in [0.3, 0.4) is 0 Å². The minimum absolute atomic E-state index is 0.188. The van der Waals surface area contributed by atoms with Crippen molar-refractivity contribution in [3.05, 3.63) is 58.5 Å². The van der Waals surface area contributed by atoms with Gasteiger partial charge in [0.15, 0.2) is 0 Å². The van der Waals surface area contributed by atoms with Crippen LogP contribution >= 0.6 is 0 Å². The number of fused-ring (bicyclic) bond motifs is 1. The fourth-order valence-electron chi connectivity index (χ4n) is 3.49. The number of phenols is 1. The van der Waals surface area contributed by atoms with Crippen LogP contribution in [-0.4, -0.2) is 9.67 Å². The first-order valence-electron chi connectivity index (χ1n) is 8.05. The Hall–Kier alpha value is -2.80. The van der Waals surface area contributed by atoms with Gasteiger partial charge in [0.05, 0.1) is 11.1 Å². The van der Waals surface area contributed by atoms with Crippen molar-refractivity contribution >= 4 is 10.9 Å². The van der Waals surface area contributed by atoms with Crippen molar-refractivity contribution in [3.8, 4) is 17.5 Å². The number of halogens is 1. The predicted molar refractivity (Wildman–Crippen MR) is 91.1 cm³/mol. The zero-order valence-corrected chi connectivity index (χ0v) is 13.6. The molecule has 0 aliphatic heterocycles. The first kappa shape index (κ1) is 14.8. The molecule has 0 bridgehead atoms. The summed E-state index contributed by atoms with van der Waals surface area (Å²) in [7, 11) is 0. The minimum atomic E-state index is -0.242. The summed E-state index contributed by atoms with van der Waals surface area (Å²) in [5.74, 6) is 0.363. The van der Waals surface area contributed by atoms with Crippen molar-refractivity contribution in [1.82, 2.24) is 4.57 Å². The molecular weight excluding hydrogens is 303 g/mol. The molecule has 120 valence electrons. The first-order chi connectivity index (χ1) is 11.5. The van der Waals surface area contributed by atoms with Gasteiger partial charge in [-0.15, -0.1) is 0 Å². The van der Waals surface area contributed by atoms with Crippen LogP contribution in [0.2, 0.25) is 0 Å². The zero-order valence-electron chi connectivity index (χ0n) is 13.6. The average Bonchev–Trinajstić information content (AvgIpc) is 3.34. The highest BCUT2D eigenvalue weighted by molar-refractivity contribution is 5.93. The van der Waals surface area contributed by atoms with E-state index in [-0.39, 0.29) is 11.6 Å². The Kier molecular flexibility index (Phi) is 3.14. The highest BCUT2D eigenvalue weighted by Gasteiger charge is 2.29. The Morgan fingerprint density at radius 2 is 1.96 bits per heavy atom. The van der Waals surface area contributed by atoms with Crippen LogP contribution in [0.4, 0.5) is 4.39 Å². The van der Waals surface area contributed by atoms with Crippen LogP contribution in [0.25, 0.3) is 16.6 Å². The third kappa shape index (κ3) is 2.09. The van der Waals surface area contributed by atoms with E-state index < -0.39 is 0 Å². The molecule has 1 aliphatic carbocycles. The standard InChI is InChI=1S/C20H17FN2O/c1-11-7-14(5-6-19(11)21)23-12(2)18(10-22)17-9-15(24)8-16(20(17)23)13-3-4-13/h5-9,13,24H,3-4H2,1-2H3. The summed E-state index contributed by atoms with van der Waals surface area (Å²) in [6.45, 7) is 3.63. The van der Waals surface area contributed by atoms with Gasteiger partial charge >= 0.3 is 0 Å². The lowest BCUT2D eigenvalue weighted by molar-refractivity contribution is 0.475. The molecule has 1 aromatic heterocycles. The molecule has 1 saturated carbocycles. The Bertz CT molecular complexity index is 1020. The number of benzene rings is 2. The van der Waals surface area contributed by atoms with Crippen molar-refractivity contribution in [2.24, 2.45) is 0 Å². The van der Waals surface area contributed by atoms with Crippen LogP contribution in [0.15, 0.2) is 30.3 Å². The van der Waals surface area contributed by atoms with Crippen molar-refractivity contribution in [1.29, 1.82) is 5.26 Å². The van der Waals surface area contributed by atoms with Crippen LogP contribution in [0.5, 0.6) is 5.75 Å². The molecular formula is C20H17FN2O. The molecule has 0 amide bonds. The quantitative estimate of drug-likeness (QED) is 0.734. The molecule has 2 aromatic carbocycles. The minimum Gasteiger partial charge on any atom is -0.508 e. The number of hydrogen-bond donors (Lipinski definition) is 1. The van der Waals surface area contributed by atoms with E-state index in [9.17, 15) is 14.8 Å². The number of aromatic nitrogens is 1. The van der Waals surface area contributed by atoms with Gasteiger partial charge in [-0.2, -0.15) is 5.26 Å². The van der Waals surface area contributed by atoms with E-state index >= 15 is 0 Å². The topological polar surface area (TPSA) is 49.0 Å². The SMILES string of the molecule is Cc1cc(-n2c(C)c(C#N)c3cc(O)cc(C4CC4)c32)ccc1F. The second kappa shape index (κ2) is 5.10. The molecule has 1 N–H and O–H groups in total. The molecule has 1 fully saturated rings. The van der Waals surface area contributed by atoms with Gasteiger partial charge < -0.3 is 9.67 Å². The highest BCUT2D eigenvalue weighted by Crippen LogP contribution is 2.46. The number of nitriles is 1. The number of aromatic hydroxyl groups is 1. The van der Waals surface area contributed by atoms with Gasteiger partial charge in [-0.1, -0.05) is 0 Å². The number of aryl methyl sites for hydroxylation is 1. The van der Waals surface area contributed by atoms with Gasteiger partial charge in [0.1, 0.15) is 17.6 Å². The summed E-state index contributed by atoms with van der Waals surface area (Å²) in [6.07, 6.45) is 2.18. The molecule has 1 heterocycles. The molecule has 3 aromatic rings. The van der Waals surface area contributed by atoms with Crippen molar-refractivity contribution < 1.29 is 9.50 Å². The summed E-state index contributed by atoms with van der Waals surface area (Å²) in [5.41, 5.74) is 4.80. The monoisotopic (exact) mass is 320 g/mol. The van der Waals surface area contributed by atoms with Crippen LogP contribution in [0.1, 0.15) is 41.1 Å². The number of nitrogens with zero attached hydrogens (tertiary/aromatic N) is 2. The lowest BCUT2D eigenvalue weighted by Crippen LogP contribution is -2.00. The molecule has 3 nitrogen and oxygen atoms in total. The van der Waals surface area contributed by atoms with Gasteiger partial charge in [0.25, 0.3) is 0 Å². The van der Waals surface area contributed by atoms with Crippen LogP contribution in [-0.2, 0) is 0 Å². The molecule has 4 heteroatoms. The van der Waals surface area contributed by atoms with E-state index in [2.05, 4.69) is 6.07 Å². The summed E-state index contributed by atoms with van der Waals surface area (Å²) < 4.78 is 15.7. The van der Waals surface area contributed by atoms with E-state index in [1.165, 1.54) is 6.07 Å². The summed E-state index contributed by atoms with van der Waals surface area (Å²) >= 11 is 0. The van der Waals surface area contributed by atoms with Crippen LogP contribution in [0, 0.1) is 31.0 Å². The van der Waals surface area contributed by atoms with E-state index in [1.54, 1.807) is 31.2 Å². The van der Waals surface area contributed by atoms with Gasteiger partial charge in [-0.25, -0.2) is 4.39 Å². The van der Waals surface area contributed by atoms with Crippen molar-refractivity contribution in [3.63, 3.8) is 0 Å². The van der Waals surface area contributed by atoms with E-state index in [4.69, 9.17) is 0 Å². The first-order valence-corrected chi connectivity index (χ1v) is 8.05. The van der Waals surface area contributed by atoms with E-state index in [1.807, 2.05) is 11.5 Å². The smallest absolute Gasteiger partial charge is 0.126 e. The largest absolute Gasteiger partial charge is 0.508 e. The normalized spacial score (nSPS) is 14.1. The second-order valence-corrected chi connectivity index (χ2v) is 6.55. The molecule has 0 atom stereocenters. The molecule has 0 spiro atoms. The lowest BCUT2D eigenvalue weighted by Gasteiger charge is -2.13. The number of rotatable bonds is 2. The maximum Gasteiger partial charge on any atom is 0.126 e. The molecule has 4 rings (SSSR count). The molecule has 0 saturated heterocycles. The third-order valence-corrected chi connectivity index (χ3v) is 4.84. The Morgan fingerprint density at radius 3 is 2.58 bits per heavy atom. The van der Waals surface area contributed by atoms with Crippen LogP contribution < -0.4 is 0 Å². The third-order valence-electron chi connectivity index (χ3n) is 4.84. The molecule has 0 radical (unpaired) electrons. The highest BCUT2D eigenvalue weighted by atomic mass is 19.1. The fourth-order valence-corrected chi connectivity index (χ4v) is 3.49. The molecule has 0 unspecified atom stereocenters. The van der Waals surface area contributed by atoms with E-state index in [0.29, 0.717) is 17.0 Å². The summed E-state index contributed by atoms with van der Waals surface area (Å²) in [6, 6.07) is 10.7. The Balaban J connectivity index is 2.13. The Morgan fingerprint density at radius 1 is 1.21 bits per heavy atom. The molecule has 24 heavy (non-hydrogen) atoms. The lowest BCUT2D eigenvalue weighted by atomic mass is 10.0. The van der Waals surface area contributed by atoms with Gasteiger partial charge in [0.2, 0.25) is 0 Å². The van der Waals surface area contributed by atoms with Crippen molar-refractivity contribution in [2.45, 2.75) is 32.6 Å². The van der Waals surface area contributed by atoms with Crippen molar-refractivity contribution in [2.75, 3.05) is 0 Å². The van der Waals surface area contributed by atoms with Gasteiger partial charge in [-0.05, 0) is 74.1 Å². The number of hydrogen-bond acceptors (Lipinski definition) is 2. The zero-order chi connectivity index (χ0) is 17.0. The summed E-state index contributed by atoms with van der Waals surface area (Å²) in [5, 5.41) is 20.5. The maximum atomic E-state index is 13.7. The van der Waals surface area contributed by atoms with Gasteiger partial charge in [0, 0.05) is 16.8 Å². The summed E-state index contributed by atoms with van der Waals surface area (Å²) in [4.78, 5) is 0. The molecule has 1 aliphatic rings. The predicted octanol–water partition coefficient (Wildman–Crippen LogP) is 4.84. The second-order valence-electron chi connectivity index (χ2n) is 6.55.